The van der Waals surface area contributed by atoms with Gasteiger partial charge in [-0.05, 0) is 74.8 Å². The van der Waals surface area contributed by atoms with Gasteiger partial charge in [-0.3, -0.25) is 4.79 Å². The Hall–Kier alpha value is -2.32. The third kappa shape index (κ3) is 4.71. The Bertz CT molecular complexity index is 1110. The molecule has 1 amide bonds. The third-order valence-corrected chi connectivity index (χ3v) is 8.46. The number of fused-ring (bicyclic) bond motifs is 1. The zero-order valence-corrected chi connectivity index (χ0v) is 18.9. The molecular weight excluding hydrogens is 434 g/mol. The maximum atomic E-state index is 14.0. The van der Waals surface area contributed by atoms with Crippen LogP contribution in [-0.4, -0.2) is 31.7 Å². The molecule has 0 aromatic heterocycles. The number of hydrogen-bond acceptors (Lipinski definition) is 3. The zero-order chi connectivity index (χ0) is 22.9. The molecule has 172 valence electrons. The number of rotatable bonds is 5. The number of carbonyl (C=O) groups is 1. The minimum atomic E-state index is -3.60. The molecule has 1 unspecified atom stereocenters. The highest BCUT2D eigenvalue weighted by Crippen LogP contribution is 2.28. The molecule has 1 N–H and O–H groups in total. The number of piperidine rings is 1. The molecule has 8 heteroatoms. The van der Waals surface area contributed by atoms with Crippen LogP contribution in [0.3, 0.4) is 0 Å². The van der Waals surface area contributed by atoms with E-state index >= 15 is 0 Å². The van der Waals surface area contributed by atoms with Gasteiger partial charge in [0.2, 0.25) is 15.9 Å². The van der Waals surface area contributed by atoms with Gasteiger partial charge in [0.15, 0.2) is 0 Å². The fraction of sp³-hybridized carbons (Fsp3) is 0.458. The SMILES string of the molecule is CC(NC(=O)C1CCN(S(=O)(=O)c2ccc3c(c2)CCCC3)CC1)c1ccc(F)cc1F. The van der Waals surface area contributed by atoms with E-state index in [1.54, 1.807) is 13.0 Å². The summed E-state index contributed by atoms with van der Waals surface area (Å²) >= 11 is 0. The van der Waals surface area contributed by atoms with Gasteiger partial charge in [0, 0.05) is 30.6 Å². The fourth-order valence-electron chi connectivity index (χ4n) is 4.64. The van der Waals surface area contributed by atoms with Gasteiger partial charge in [-0.2, -0.15) is 4.31 Å². The van der Waals surface area contributed by atoms with Crippen molar-refractivity contribution >= 4 is 15.9 Å². The number of aryl methyl sites for hydroxylation is 2. The summed E-state index contributed by atoms with van der Waals surface area (Å²) in [5.74, 6) is -1.97. The molecule has 5 nitrogen and oxygen atoms in total. The van der Waals surface area contributed by atoms with Gasteiger partial charge < -0.3 is 5.32 Å². The molecule has 1 fully saturated rings. The number of sulfonamides is 1. The monoisotopic (exact) mass is 462 g/mol. The second-order valence-corrected chi connectivity index (χ2v) is 10.7. The van der Waals surface area contributed by atoms with Crippen molar-refractivity contribution < 1.29 is 22.0 Å². The first-order valence-corrected chi connectivity index (χ1v) is 12.6. The molecule has 1 aliphatic heterocycles. The van der Waals surface area contributed by atoms with Gasteiger partial charge in [0.05, 0.1) is 10.9 Å². The van der Waals surface area contributed by atoms with Crippen LogP contribution in [0.4, 0.5) is 8.78 Å². The Morgan fingerprint density at radius 3 is 2.41 bits per heavy atom. The van der Waals surface area contributed by atoms with E-state index in [1.807, 2.05) is 12.1 Å². The van der Waals surface area contributed by atoms with Gasteiger partial charge in [0.1, 0.15) is 11.6 Å². The molecule has 1 heterocycles. The van der Waals surface area contributed by atoms with Crippen LogP contribution < -0.4 is 5.32 Å². The number of hydrogen-bond donors (Lipinski definition) is 1. The Morgan fingerprint density at radius 2 is 1.72 bits per heavy atom. The van der Waals surface area contributed by atoms with Crippen LogP contribution in [0.5, 0.6) is 0 Å². The highest BCUT2D eigenvalue weighted by molar-refractivity contribution is 7.89. The average Bonchev–Trinajstić information content (AvgIpc) is 2.78. The predicted octanol–water partition coefficient (Wildman–Crippen LogP) is 4.12. The highest BCUT2D eigenvalue weighted by Gasteiger charge is 2.33. The van der Waals surface area contributed by atoms with E-state index in [0.29, 0.717) is 17.7 Å². The summed E-state index contributed by atoms with van der Waals surface area (Å²) in [6.45, 7) is 2.16. The zero-order valence-electron chi connectivity index (χ0n) is 18.1. The molecule has 2 aromatic rings. The van der Waals surface area contributed by atoms with Crippen molar-refractivity contribution in [3.8, 4) is 0 Å². The molecule has 2 aliphatic rings. The van der Waals surface area contributed by atoms with Crippen LogP contribution in [0.25, 0.3) is 0 Å². The summed E-state index contributed by atoms with van der Waals surface area (Å²) in [6.07, 6.45) is 4.92. The van der Waals surface area contributed by atoms with Gasteiger partial charge in [0.25, 0.3) is 0 Å². The topological polar surface area (TPSA) is 66.5 Å². The quantitative estimate of drug-likeness (QED) is 0.727. The van der Waals surface area contributed by atoms with Crippen molar-refractivity contribution in [1.82, 2.24) is 9.62 Å². The van der Waals surface area contributed by atoms with Crippen LogP contribution in [0, 0.1) is 17.6 Å². The molecule has 0 spiro atoms. The van der Waals surface area contributed by atoms with Crippen LogP contribution in [0.15, 0.2) is 41.3 Å². The fourth-order valence-corrected chi connectivity index (χ4v) is 6.16. The minimum Gasteiger partial charge on any atom is -0.349 e. The lowest BCUT2D eigenvalue weighted by atomic mass is 9.92. The van der Waals surface area contributed by atoms with Crippen molar-refractivity contribution in [3.05, 3.63) is 64.7 Å². The van der Waals surface area contributed by atoms with Crippen molar-refractivity contribution in [2.45, 2.75) is 56.4 Å². The summed E-state index contributed by atoms with van der Waals surface area (Å²) in [5.41, 5.74) is 2.57. The molecule has 4 rings (SSSR count). The molecule has 0 saturated carbocycles. The first kappa shape index (κ1) is 22.9. The molecule has 1 aliphatic carbocycles. The second kappa shape index (κ2) is 9.27. The number of benzene rings is 2. The van der Waals surface area contributed by atoms with E-state index in [1.165, 1.54) is 15.9 Å². The molecule has 0 radical (unpaired) electrons. The average molecular weight is 463 g/mol. The summed E-state index contributed by atoms with van der Waals surface area (Å²) in [7, 11) is -3.60. The van der Waals surface area contributed by atoms with Crippen molar-refractivity contribution in [3.63, 3.8) is 0 Å². The third-order valence-electron chi connectivity index (χ3n) is 6.57. The lowest BCUT2D eigenvalue weighted by Gasteiger charge is -2.31. The van der Waals surface area contributed by atoms with Crippen LogP contribution in [-0.2, 0) is 27.7 Å². The molecule has 1 saturated heterocycles. The van der Waals surface area contributed by atoms with E-state index in [9.17, 15) is 22.0 Å². The van der Waals surface area contributed by atoms with Crippen molar-refractivity contribution in [2.24, 2.45) is 5.92 Å². The number of carbonyl (C=O) groups excluding carboxylic acids is 1. The Labute approximate surface area is 187 Å². The standard InChI is InChI=1S/C24H28F2N2O3S/c1-16(22-9-7-20(25)15-23(22)26)27-24(29)18-10-12-28(13-11-18)32(30,31)21-8-6-17-4-2-3-5-19(17)14-21/h6-9,14-16,18H,2-5,10-13H2,1H3,(H,27,29). The van der Waals surface area contributed by atoms with E-state index in [2.05, 4.69) is 5.32 Å². The predicted molar refractivity (Wildman–Crippen MR) is 117 cm³/mol. The first-order valence-electron chi connectivity index (χ1n) is 11.1. The lowest BCUT2D eigenvalue weighted by molar-refractivity contribution is -0.126. The van der Waals surface area contributed by atoms with Crippen LogP contribution in [0.2, 0.25) is 0 Å². The van der Waals surface area contributed by atoms with E-state index < -0.39 is 27.7 Å². The van der Waals surface area contributed by atoms with Gasteiger partial charge in [-0.1, -0.05) is 12.1 Å². The van der Waals surface area contributed by atoms with Gasteiger partial charge in [-0.25, -0.2) is 17.2 Å². The Balaban J connectivity index is 1.37. The Kier molecular flexibility index (Phi) is 6.62. The maximum Gasteiger partial charge on any atom is 0.243 e. The van der Waals surface area contributed by atoms with Gasteiger partial charge in [-0.15, -0.1) is 0 Å². The molecule has 2 aromatic carbocycles. The smallest absolute Gasteiger partial charge is 0.243 e. The van der Waals surface area contributed by atoms with Gasteiger partial charge >= 0.3 is 0 Å². The second-order valence-electron chi connectivity index (χ2n) is 8.71. The highest BCUT2D eigenvalue weighted by atomic mass is 32.2. The van der Waals surface area contributed by atoms with Crippen LogP contribution in [0.1, 0.15) is 55.3 Å². The molecular formula is C24H28F2N2O3S. The number of halogens is 2. The minimum absolute atomic E-state index is 0.215. The van der Waals surface area contributed by atoms with E-state index in [4.69, 9.17) is 0 Å². The maximum absolute atomic E-state index is 14.0. The van der Waals surface area contributed by atoms with E-state index in [-0.39, 0.29) is 30.5 Å². The summed E-state index contributed by atoms with van der Waals surface area (Å²) in [4.78, 5) is 13.0. The number of nitrogens with one attached hydrogen (secondary N) is 1. The lowest BCUT2D eigenvalue weighted by Crippen LogP contribution is -2.43. The normalized spacial score (nSPS) is 18.7. The van der Waals surface area contributed by atoms with Crippen molar-refractivity contribution in [2.75, 3.05) is 13.1 Å². The van der Waals surface area contributed by atoms with Crippen LogP contribution >= 0.6 is 0 Å². The molecule has 1 atom stereocenters. The van der Waals surface area contributed by atoms with E-state index in [0.717, 1.165) is 43.4 Å². The summed E-state index contributed by atoms with van der Waals surface area (Å²) in [5, 5.41) is 2.78. The summed E-state index contributed by atoms with van der Waals surface area (Å²) in [6, 6.07) is 8.09. The molecule has 32 heavy (non-hydrogen) atoms. The molecule has 0 bridgehead atoms. The summed E-state index contributed by atoms with van der Waals surface area (Å²) < 4.78 is 54.8. The number of amides is 1. The Morgan fingerprint density at radius 1 is 1.03 bits per heavy atom. The van der Waals surface area contributed by atoms with Crippen molar-refractivity contribution in [1.29, 1.82) is 0 Å². The number of nitrogens with zero attached hydrogens (tertiary/aromatic N) is 1. The largest absolute Gasteiger partial charge is 0.349 e. The first-order chi connectivity index (χ1) is 15.3.